The number of para-hydroxylation sites is 1. The van der Waals surface area contributed by atoms with Crippen LogP contribution in [0.1, 0.15) is 26.2 Å². The molecule has 0 saturated carbocycles. The van der Waals surface area contributed by atoms with Crippen molar-refractivity contribution in [2.45, 2.75) is 26.2 Å². The molecule has 0 atom stereocenters. The van der Waals surface area contributed by atoms with Gasteiger partial charge >= 0.3 is 0 Å². The topological polar surface area (TPSA) is 42.7 Å². The van der Waals surface area contributed by atoms with E-state index in [1.54, 1.807) is 6.33 Å². The molecule has 18 heavy (non-hydrogen) atoms. The Morgan fingerprint density at radius 1 is 1.22 bits per heavy atom. The molecule has 0 aliphatic carbocycles. The molecule has 0 fully saturated rings. The normalized spacial score (nSPS) is 10.6. The van der Waals surface area contributed by atoms with Gasteiger partial charge in [-0.15, -0.1) is 10.2 Å². The number of aryl methyl sites for hydroxylation is 1. The number of nitrogens with one attached hydrogen (secondary N) is 1. The van der Waals surface area contributed by atoms with E-state index >= 15 is 0 Å². The largest absolute Gasteiger partial charge is 0.384 e. The minimum absolute atomic E-state index is 0.897. The fraction of sp³-hybridized carbons (Fsp3) is 0.429. The maximum atomic E-state index is 4.16. The zero-order chi connectivity index (χ0) is 12.8. The fourth-order valence-corrected chi connectivity index (χ4v) is 1.96. The fourth-order valence-electron chi connectivity index (χ4n) is 1.96. The first-order valence-electron chi connectivity index (χ1n) is 6.50. The number of unbranched alkanes of at least 4 members (excludes halogenated alkanes) is 2. The summed E-state index contributed by atoms with van der Waals surface area (Å²) in [7, 11) is 1.96. The number of aromatic nitrogens is 3. The van der Waals surface area contributed by atoms with Crippen LogP contribution in [-0.2, 0) is 7.05 Å². The molecule has 1 N–H and O–H groups in total. The molecule has 4 nitrogen and oxygen atoms in total. The van der Waals surface area contributed by atoms with Crippen molar-refractivity contribution in [3.63, 3.8) is 0 Å². The van der Waals surface area contributed by atoms with Gasteiger partial charge in [0.15, 0.2) is 5.82 Å². The molecule has 1 aromatic heterocycles. The van der Waals surface area contributed by atoms with E-state index in [1.807, 2.05) is 23.7 Å². The van der Waals surface area contributed by atoms with Crippen LogP contribution in [0.5, 0.6) is 0 Å². The van der Waals surface area contributed by atoms with E-state index in [4.69, 9.17) is 0 Å². The molecule has 1 aromatic carbocycles. The zero-order valence-electron chi connectivity index (χ0n) is 11.1. The quantitative estimate of drug-likeness (QED) is 0.794. The number of nitrogens with zero attached hydrogens (tertiary/aromatic N) is 3. The minimum Gasteiger partial charge on any atom is -0.384 e. The molecule has 0 radical (unpaired) electrons. The van der Waals surface area contributed by atoms with Gasteiger partial charge in [0.25, 0.3) is 0 Å². The lowest BCUT2D eigenvalue weighted by molar-refractivity contribution is 0.744. The van der Waals surface area contributed by atoms with Gasteiger partial charge in [-0.25, -0.2) is 0 Å². The second-order valence-corrected chi connectivity index (χ2v) is 4.44. The highest BCUT2D eigenvalue weighted by Crippen LogP contribution is 2.25. The van der Waals surface area contributed by atoms with E-state index in [-0.39, 0.29) is 0 Å². The number of hydrogen-bond donors (Lipinski definition) is 1. The van der Waals surface area contributed by atoms with Gasteiger partial charge in [-0.2, -0.15) is 0 Å². The molecule has 2 rings (SSSR count). The van der Waals surface area contributed by atoms with Crippen LogP contribution in [0.4, 0.5) is 5.69 Å². The molecule has 0 aliphatic rings. The van der Waals surface area contributed by atoms with E-state index in [0.717, 1.165) is 23.6 Å². The van der Waals surface area contributed by atoms with Crippen molar-refractivity contribution < 1.29 is 0 Å². The maximum absolute atomic E-state index is 4.16. The van der Waals surface area contributed by atoms with E-state index in [2.05, 4.69) is 34.6 Å². The SMILES string of the molecule is CCCCCNc1ccccc1-c1nncn1C. The molecular weight excluding hydrogens is 224 g/mol. The molecule has 4 heteroatoms. The Bertz CT molecular complexity index is 490. The smallest absolute Gasteiger partial charge is 0.165 e. The van der Waals surface area contributed by atoms with Crippen LogP contribution in [-0.4, -0.2) is 21.3 Å². The van der Waals surface area contributed by atoms with Gasteiger partial charge in [0, 0.05) is 24.8 Å². The second-order valence-electron chi connectivity index (χ2n) is 4.44. The molecule has 0 spiro atoms. The first-order chi connectivity index (χ1) is 8.83. The predicted octanol–water partition coefficient (Wildman–Crippen LogP) is 3.08. The third-order valence-electron chi connectivity index (χ3n) is 2.98. The van der Waals surface area contributed by atoms with Gasteiger partial charge in [-0.05, 0) is 18.6 Å². The van der Waals surface area contributed by atoms with Gasteiger partial charge in [0.1, 0.15) is 6.33 Å². The summed E-state index contributed by atoms with van der Waals surface area (Å²) in [5.41, 5.74) is 2.23. The minimum atomic E-state index is 0.897. The molecule has 0 aliphatic heterocycles. The zero-order valence-corrected chi connectivity index (χ0v) is 11.1. The summed E-state index contributed by atoms with van der Waals surface area (Å²) < 4.78 is 1.94. The molecule has 2 aromatic rings. The van der Waals surface area contributed by atoms with E-state index < -0.39 is 0 Å². The third kappa shape index (κ3) is 2.88. The Labute approximate surface area is 108 Å². The molecule has 1 heterocycles. The number of hydrogen-bond acceptors (Lipinski definition) is 3. The maximum Gasteiger partial charge on any atom is 0.165 e. The molecule has 0 unspecified atom stereocenters. The van der Waals surface area contributed by atoms with E-state index in [9.17, 15) is 0 Å². The van der Waals surface area contributed by atoms with Gasteiger partial charge in [0.05, 0.1) is 0 Å². The van der Waals surface area contributed by atoms with Gasteiger partial charge in [0.2, 0.25) is 0 Å². The number of rotatable bonds is 6. The monoisotopic (exact) mass is 244 g/mol. The van der Waals surface area contributed by atoms with Gasteiger partial charge in [-0.3, -0.25) is 0 Å². The number of benzene rings is 1. The van der Waals surface area contributed by atoms with E-state index in [1.165, 1.54) is 19.3 Å². The Hall–Kier alpha value is -1.84. The summed E-state index contributed by atoms with van der Waals surface area (Å²) in [6.45, 7) is 3.22. The van der Waals surface area contributed by atoms with Crippen molar-refractivity contribution in [3.8, 4) is 11.4 Å². The van der Waals surface area contributed by atoms with Crippen molar-refractivity contribution in [1.82, 2.24) is 14.8 Å². The highest BCUT2D eigenvalue weighted by Gasteiger charge is 2.08. The molecule has 0 bridgehead atoms. The van der Waals surface area contributed by atoms with Crippen molar-refractivity contribution in [3.05, 3.63) is 30.6 Å². The van der Waals surface area contributed by atoms with Crippen LogP contribution in [0.25, 0.3) is 11.4 Å². The van der Waals surface area contributed by atoms with Crippen LogP contribution in [0, 0.1) is 0 Å². The lowest BCUT2D eigenvalue weighted by Crippen LogP contribution is -2.04. The van der Waals surface area contributed by atoms with Crippen LogP contribution >= 0.6 is 0 Å². The third-order valence-corrected chi connectivity index (χ3v) is 2.98. The Balaban J connectivity index is 2.13. The summed E-state index contributed by atoms with van der Waals surface area (Å²) in [6.07, 6.45) is 5.43. The van der Waals surface area contributed by atoms with Crippen molar-refractivity contribution in [1.29, 1.82) is 0 Å². The van der Waals surface area contributed by atoms with Gasteiger partial charge < -0.3 is 9.88 Å². The Kier molecular flexibility index (Phi) is 4.34. The number of anilines is 1. The lowest BCUT2D eigenvalue weighted by Gasteiger charge is -2.11. The van der Waals surface area contributed by atoms with Crippen molar-refractivity contribution in [2.75, 3.05) is 11.9 Å². The highest BCUT2D eigenvalue weighted by molar-refractivity contribution is 5.73. The van der Waals surface area contributed by atoms with Crippen molar-refractivity contribution in [2.24, 2.45) is 7.05 Å². The first kappa shape index (κ1) is 12.6. The average molecular weight is 244 g/mol. The van der Waals surface area contributed by atoms with Crippen LogP contribution in [0.15, 0.2) is 30.6 Å². The molecule has 0 amide bonds. The van der Waals surface area contributed by atoms with Crippen LogP contribution < -0.4 is 5.32 Å². The first-order valence-corrected chi connectivity index (χ1v) is 6.50. The van der Waals surface area contributed by atoms with Crippen molar-refractivity contribution >= 4 is 5.69 Å². The summed E-state index contributed by atoms with van der Waals surface area (Å²) in [5.74, 6) is 0.897. The average Bonchev–Trinajstić information content (AvgIpc) is 2.81. The Morgan fingerprint density at radius 3 is 2.78 bits per heavy atom. The van der Waals surface area contributed by atoms with Crippen LogP contribution in [0.3, 0.4) is 0 Å². The molecular formula is C14H20N4. The summed E-state index contributed by atoms with van der Waals surface area (Å²) in [5, 5.41) is 11.6. The van der Waals surface area contributed by atoms with Crippen LogP contribution in [0.2, 0.25) is 0 Å². The van der Waals surface area contributed by atoms with Gasteiger partial charge in [-0.1, -0.05) is 31.9 Å². The highest BCUT2D eigenvalue weighted by atomic mass is 15.2. The standard InChI is InChI=1S/C14H20N4/c1-3-4-7-10-15-13-9-6-5-8-12(13)14-17-16-11-18(14)2/h5-6,8-9,11,15H,3-4,7,10H2,1-2H3. The summed E-state index contributed by atoms with van der Waals surface area (Å²) in [4.78, 5) is 0. The molecule has 0 saturated heterocycles. The summed E-state index contributed by atoms with van der Waals surface area (Å²) >= 11 is 0. The lowest BCUT2D eigenvalue weighted by atomic mass is 10.1. The predicted molar refractivity (Wildman–Crippen MR) is 74.5 cm³/mol. The Morgan fingerprint density at radius 2 is 2.06 bits per heavy atom. The summed E-state index contributed by atoms with van der Waals surface area (Å²) in [6, 6.07) is 8.24. The molecule has 96 valence electrons. The van der Waals surface area contributed by atoms with E-state index in [0.29, 0.717) is 0 Å². The second kappa shape index (κ2) is 6.19.